The molecule has 1 aliphatic carbocycles. The van der Waals surface area contributed by atoms with Crippen molar-refractivity contribution in [3.05, 3.63) is 0 Å². The molecule has 1 rings (SSSR count). The molecule has 1 aliphatic rings. The van der Waals surface area contributed by atoms with Crippen molar-refractivity contribution < 1.29 is 19.4 Å². The molecule has 0 heterocycles. The largest absolute Gasteiger partial charge is 0.481 e. The Hall–Kier alpha value is -0.900. The summed E-state index contributed by atoms with van der Waals surface area (Å²) in [5, 5.41) is 8.86. The predicted octanol–water partition coefficient (Wildman–Crippen LogP) is 1.48. The van der Waals surface area contributed by atoms with E-state index in [4.69, 9.17) is 9.84 Å². The van der Waals surface area contributed by atoms with Crippen molar-refractivity contribution >= 4 is 11.8 Å². The van der Waals surface area contributed by atoms with Gasteiger partial charge >= 0.3 is 5.97 Å². The molecule has 0 saturated heterocycles. The summed E-state index contributed by atoms with van der Waals surface area (Å²) in [4.78, 5) is 22.3. The highest BCUT2D eigenvalue weighted by atomic mass is 16.5. The van der Waals surface area contributed by atoms with Gasteiger partial charge in [0, 0.05) is 7.11 Å². The topological polar surface area (TPSA) is 63.6 Å². The number of methoxy groups -OCH3 is 1. The molecule has 1 fully saturated rings. The summed E-state index contributed by atoms with van der Waals surface area (Å²) < 4.78 is 5.07. The second-order valence-electron chi connectivity index (χ2n) is 4.38. The zero-order valence-corrected chi connectivity index (χ0v) is 9.28. The van der Waals surface area contributed by atoms with Crippen LogP contribution in [0.1, 0.15) is 32.6 Å². The van der Waals surface area contributed by atoms with E-state index in [9.17, 15) is 9.59 Å². The van der Waals surface area contributed by atoms with Gasteiger partial charge in [-0.05, 0) is 32.6 Å². The number of hydrogen-bond donors (Lipinski definition) is 1. The fourth-order valence-corrected chi connectivity index (χ4v) is 2.29. The number of carboxylic acids is 1. The van der Waals surface area contributed by atoms with Crippen LogP contribution in [0.3, 0.4) is 0 Å². The first-order valence-corrected chi connectivity index (χ1v) is 5.24. The molecular weight excluding hydrogens is 196 g/mol. The summed E-state index contributed by atoms with van der Waals surface area (Å²) in [6.45, 7) is 1.98. The van der Waals surface area contributed by atoms with Gasteiger partial charge in [0.05, 0.1) is 17.9 Å². The van der Waals surface area contributed by atoms with Crippen molar-refractivity contribution in [2.75, 3.05) is 13.7 Å². The van der Waals surface area contributed by atoms with E-state index in [1.807, 2.05) is 0 Å². The molecule has 0 spiro atoms. The number of carbonyl (C=O) groups excluding carboxylic acids is 1. The van der Waals surface area contributed by atoms with Crippen LogP contribution in [0.4, 0.5) is 0 Å². The highest BCUT2D eigenvalue weighted by Gasteiger charge is 2.40. The minimum Gasteiger partial charge on any atom is -0.481 e. The maximum Gasteiger partial charge on any atom is 0.306 e. The van der Waals surface area contributed by atoms with E-state index < -0.39 is 11.4 Å². The van der Waals surface area contributed by atoms with Crippen molar-refractivity contribution in [1.82, 2.24) is 0 Å². The first-order chi connectivity index (χ1) is 7.02. The van der Waals surface area contributed by atoms with Gasteiger partial charge < -0.3 is 9.84 Å². The summed E-state index contributed by atoms with van der Waals surface area (Å²) in [5.41, 5.74) is -0.430. The molecule has 15 heavy (non-hydrogen) atoms. The van der Waals surface area contributed by atoms with Crippen LogP contribution in [-0.2, 0) is 14.3 Å². The number of rotatable bonds is 4. The van der Waals surface area contributed by atoms with E-state index in [0.717, 1.165) is 0 Å². The van der Waals surface area contributed by atoms with Gasteiger partial charge in [-0.1, -0.05) is 0 Å². The summed E-state index contributed by atoms with van der Waals surface area (Å²) in [6.07, 6.45) is 2.43. The van der Waals surface area contributed by atoms with E-state index in [2.05, 4.69) is 0 Å². The molecule has 0 atom stereocenters. The Morgan fingerprint density at radius 2 is 1.93 bits per heavy atom. The quantitative estimate of drug-likeness (QED) is 0.770. The molecule has 4 nitrogen and oxygen atoms in total. The minimum atomic E-state index is -0.746. The second-order valence-corrected chi connectivity index (χ2v) is 4.38. The lowest BCUT2D eigenvalue weighted by atomic mass is 9.69. The normalized spacial score (nSPS) is 31.2. The fourth-order valence-electron chi connectivity index (χ4n) is 2.29. The van der Waals surface area contributed by atoms with Crippen LogP contribution in [0.25, 0.3) is 0 Å². The molecule has 1 saturated carbocycles. The van der Waals surface area contributed by atoms with Crippen molar-refractivity contribution in [2.45, 2.75) is 32.6 Å². The van der Waals surface area contributed by atoms with Gasteiger partial charge in [0.2, 0.25) is 0 Å². The average Bonchev–Trinajstić information content (AvgIpc) is 2.18. The molecule has 0 aromatic heterocycles. The number of aliphatic carboxylic acids is 1. The summed E-state index contributed by atoms with van der Waals surface area (Å²) in [6, 6.07) is 0. The van der Waals surface area contributed by atoms with Crippen LogP contribution in [0, 0.1) is 11.3 Å². The third-order valence-electron chi connectivity index (χ3n) is 3.46. The SMILES string of the molecule is COCC1(C(C)=O)CCC(C(=O)O)CC1. The molecule has 0 bridgehead atoms. The maximum absolute atomic E-state index is 11.6. The third kappa shape index (κ3) is 2.56. The number of ketones is 1. The number of ether oxygens (including phenoxy) is 1. The number of Topliss-reactive ketones (excluding diaryl/α,β-unsaturated/α-hetero) is 1. The molecule has 4 heteroatoms. The Labute approximate surface area is 89.6 Å². The predicted molar refractivity (Wildman–Crippen MR) is 54.6 cm³/mol. The van der Waals surface area contributed by atoms with Crippen LogP contribution in [0.5, 0.6) is 0 Å². The molecule has 0 aromatic carbocycles. The van der Waals surface area contributed by atoms with Crippen molar-refractivity contribution in [3.8, 4) is 0 Å². The smallest absolute Gasteiger partial charge is 0.306 e. The lowest BCUT2D eigenvalue weighted by Crippen LogP contribution is -2.39. The van der Waals surface area contributed by atoms with Gasteiger partial charge in [0.1, 0.15) is 5.78 Å². The van der Waals surface area contributed by atoms with Crippen LogP contribution < -0.4 is 0 Å². The van der Waals surface area contributed by atoms with E-state index in [1.54, 1.807) is 14.0 Å². The number of carboxylic acid groups (broad SMARTS) is 1. The van der Waals surface area contributed by atoms with Gasteiger partial charge in [-0.15, -0.1) is 0 Å². The van der Waals surface area contributed by atoms with E-state index in [0.29, 0.717) is 32.3 Å². The first kappa shape index (κ1) is 12.2. The summed E-state index contributed by atoms with van der Waals surface area (Å²) in [7, 11) is 1.58. The zero-order valence-electron chi connectivity index (χ0n) is 9.28. The fraction of sp³-hybridized carbons (Fsp3) is 0.818. The summed E-state index contributed by atoms with van der Waals surface area (Å²) in [5.74, 6) is -0.910. The maximum atomic E-state index is 11.6. The van der Waals surface area contributed by atoms with Gasteiger partial charge in [-0.3, -0.25) is 9.59 Å². The second kappa shape index (κ2) is 4.75. The van der Waals surface area contributed by atoms with Crippen LogP contribution in [-0.4, -0.2) is 30.6 Å². The van der Waals surface area contributed by atoms with E-state index in [-0.39, 0.29) is 11.7 Å². The average molecular weight is 214 g/mol. The molecule has 1 N–H and O–H groups in total. The first-order valence-electron chi connectivity index (χ1n) is 5.24. The Balaban J connectivity index is 2.65. The van der Waals surface area contributed by atoms with Crippen LogP contribution in [0.2, 0.25) is 0 Å². The summed E-state index contributed by atoms with van der Waals surface area (Å²) >= 11 is 0. The zero-order chi connectivity index (χ0) is 11.5. The standard InChI is InChI=1S/C11H18O4/c1-8(12)11(7-15-2)5-3-9(4-6-11)10(13)14/h9H,3-7H2,1-2H3,(H,13,14). The van der Waals surface area contributed by atoms with E-state index in [1.165, 1.54) is 0 Å². The highest BCUT2D eigenvalue weighted by Crippen LogP contribution is 2.40. The molecule has 86 valence electrons. The molecule has 0 unspecified atom stereocenters. The van der Waals surface area contributed by atoms with Gasteiger partial charge in [0.25, 0.3) is 0 Å². The number of hydrogen-bond acceptors (Lipinski definition) is 3. The van der Waals surface area contributed by atoms with Crippen molar-refractivity contribution in [1.29, 1.82) is 0 Å². The Morgan fingerprint density at radius 1 is 1.40 bits per heavy atom. The van der Waals surface area contributed by atoms with Crippen molar-refractivity contribution in [3.63, 3.8) is 0 Å². The number of carbonyl (C=O) groups is 2. The minimum absolute atomic E-state index is 0.119. The van der Waals surface area contributed by atoms with Crippen LogP contribution >= 0.6 is 0 Å². The lowest BCUT2D eigenvalue weighted by Gasteiger charge is -2.36. The van der Waals surface area contributed by atoms with Gasteiger partial charge in [-0.25, -0.2) is 0 Å². The third-order valence-corrected chi connectivity index (χ3v) is 3.46. The Morgan fingerprint density at radius 3 is 2.27 bits per heavy atom. The molecule has 0 radical (unpaired) electrons. The monoisotopic (exact) mass is 214 g/mol. The Kier molecular flexibility index (Phi) is 3.85. The van der Waals surface area contributed by atoms with Crippen LogP contribution in [0.15, 0.2) is 0 Å². The molecule has 0 aliphatic heterocycles. The van der Waals surface area contributed by atoms with Crippen molar-refractivity contribution in [2.24, 2.45) is 11.3 Å². The lowest BCUT2D eigenvalue weighted by molar-refractivity contribution is -0.146. The molecule has 0 amide bonds. The van der Waals surface area contributed by atoms with Gasteiger partial charge in [0.15, 0.2) is 0 Å². The highest BCUT2D eigenvalue weighted by molar-refractivity contribution is 5.83. The van der Waals surface area contributed by atoms with E-state index >= 15 is 0 Å². The molecular formula is C11H18O4. The van der Waals surface area contributed by atoms with Gasteiger partial charge in [-0.2, -0.15) is 0 Å². The Bertz CT molecular complexity index is 251. The molecule has 0 aromatic rings.